The van der Waals surface area contributed by atoms with Crippen LogP contribution in [0.2, 0.25) is 0 Å². The quantitative estimate of drug-likeness (QED) is 0.914. The summed E-state index contributed by atoms with van der Waals surface area (Å²) in [4.78, 5) is 12.4. The Morgan fingerprint density at radius 3 is 2.16 bits per heavy atom. The molecule has 0 aromatic carbocycles. The van der Waals surface area contributed by atoms with E-state index in [0.717, 1.165) is 5.69 Å². The second-order valence-electron chi connectivity index (χ2n) is 7.13. The summed E-state index contributed by atoms with van der Waals surface area (Å²) < 4.78 is 1.48. The molecule has 0 atom stereocenters. The van der Waals surface area contributed by atoms with Gasteiger partial charge < -0.3 is 5.11 Å². The van der Waals surface area contributed by atoms with Gasteiger partial charge in [0.05, 0.1) is 16.9 Å². The van der Waals surface area contributed by atoms with Gasteiger partial charge >= 0.3 is 0 Å². The zero-order valence-corrected chi connectivity index (χ0v) is 13.1. The standard InChI is InChI=1S/C15H26N2O2/c1-10(2)9-17-13(18)11(15(6,7)19)8-12(16-17)14(3,4)5/h8,10,19H,9H2,1-7H3. The maximum Gasteiger partial charge on any atom is 0.272 e. The van der Waals surface area contributed by atoms with Gasteiger partial charge in [0, 0.05) is 12.0 Å². The highest BCUT2D eigenvalue weighted by Gasteiger charge is 2.26. The van der Waals surface area contributed by atoms with E-state index in [-0.39, 0.29) is 11.0 Å². The van der Waals surface area contributed by atoms with Crippen LogP contribution in [0.15, 0.2) is 10.9 Å². The molecule has 1 rings (SSSR count). The van der Waals surface area contributed by atoms with Crippen LogP contribution in [0, 0.1) is 5.92 Å². The predicted molar refractivity (Wildman–Crippen MR) is 77.3 cm³/mol. The number of nitrogens with zero attached hydrogens (tertiary/aromatic N) is 2. The Morgan fingerprint density at radius 1 is 1.26 bits per heavy atom. The van der Waals surface area contributed by atoms with E-state index in [9.17, 15) is 9.90 Å². The first-order valence-corrected chi connectivity index (χ1v) is 6.78. The summed E-state index contributed by atoms with van der Waals surface area (Å²) in [6.07, 6.45) is 0. The smallest absolute Gasteiger partial charge is 0.272 e. The minimum absolute atomic E-state index is 0.160. The monoisotopic (exact) mass is 266 g/mol. The molecule has 4 heteroatoms. The molecule has 0 saturated heterocycles. The first-order valence-electron chi connectivity index (χ1n) is 6.78. The largest absolute Gasteiger partial charge is 0.386 e. The molecule has 0 spiro atoms. The molecule has 0 unspecified atom stereocenters. The van der Waals surface area contributed by atoms with Crippen molar-refractivity contribution in [1.82, 2.24) is 9.78 Å². The van der Waals surface area contributed by atoms with Gasteiger partial charge in [0.25, 0.3) is 5.56 Å². The average Bonchev–Trinajstić information content (AvgIpc) is 2.16. The van der Waals surface area contributed by atoms with E-state index in [2.05, 4.69) is 5.10 Å². The Balaban J connectivity index is 3.53. The van der Waals surface area contributed by atoms with Gasteiger partial charge in [-0.3, -0.25) is 4.79 Å². The van der Waals surface area contributed by atoms with Crippen LogP contribution in [-0.4, -0.2) is 14.9 Å². The predicted octanol–water partition coefficient (Wildman–Crippen LogP) is 2.42. The number of hydrogen-bond acceptors (Lipinski definition) is 3. The topological polar surface area (TPSA) is 55.1 Å². The molecular weight excluding hydrogens is 240 g/mol. The molecule has 0 fully saturated rings. The van der Waals surface area contributed by atoms with Crippen molar-refractivity contribution < 1.29 is 5.11 Å². The molecular formula is C15H26N2O2. The average molecular weight is 266 g/mol. The molecule has 1 heterocycles. The summed E-state index contributed by atoms with van der Waals surface area (Å²) in [5, 5.41) is 14.6. The number of aromatic nitrogens is 2. The van der Waals surface area contributed by atoms with Crippen LogP contribution in [0.3, 0.4) is 0 Å². The lowest BCUT2D eigenvalue weighted by atomic mass is 9.89. The summed E-state index contributed by atoms with van der Waals surface area (Å²) in [6, 6.07) is 1.74. The van der Waals surface area contributed by atoms with Gasteiger partial charge in [0.15, 0.2) is 0 Å². The Bertz CT molecular complexity index is 502. The lowest BCUT2D eigenvalue weighted by Gasteiger charge is -2.24. The molecule has 1 aromatic heterocycles. The van der Waals surface area contributed by atoms with Crippen molar-refractivity contribution >= 4 is 0 Å². The third-order valence-electron chi connectivity index (χ3n) is 2.94. The second kappa shape index (κ2) is 5.08. The van der Waals surface area contributed by atoms with E-state index in [1.54, 1.807) is 19.9 Å². The molecule has 1 N–H and O–H groups in total. The molecule has 1 aromatic rings. The highest BCUT2D eigenvalue weighted by molar-refractivity contribution is 5.23. The minimum atomic E-state index is -1.15. The lowest BCUT2D eigenvalue weighted by molar-refractivity contribution is 0.0756. The van der Waals surface area contributed by atoms with Gasteiger partial charge in [-0.05, 0) is 25.8 Å². The fraction of sp³-hybridized carbons (Fsp3) is 0.733. The molecule has 0 aliphatic carbocycles. The molecule has 0 saturated carbocycles. The summed E-state index contributed by atoms with van der Waals surface area (Å²) in [7, 11) is 0. The number of aliphatic hydroxyl groups is 1. The van der Waals surface area contributed by atoms with E-state index in [0.29, 0.717) is 18.0 Å². The van der Waals surface area contributed by atoms with Gasteiger partial charge in [-0.25, -0.2) is 4.68 Å². The van der Waals surface area contributed by atoms with Gasteiger partial charge in [0.2, 0.25) is 0 Å². The Kier molecular flexibility index (Phi) is 4.25. The number of rotatable bonds is 3. The highest BCUT2D eigenvalue weighted by atomic mass is 16.3. The van der Waals surface area contributed by atoms with E-state index >= 15 is 0 Å². The van der Waals surface area contributed by atoms with Crippen LogP contribution >= 0.6 is 0 Å². The minimum Gasteiger partial charge on any atom is -0.386 e. The molecule has 0 amide bonds. The van der Waals surface area contributed by atoms with Crippen LogP contribution in [0.25, 0.3) is 0 Å². The lowest BCUT2D eigenvalue weighted by Crippen LogP contribution is -2.36. The van der Waals surface area contributed by atoms with Crippen LogP contribution in [0.4, 0.5) is 0 Å². The molecule has 108 valence electrons. The first-order chi connectivity index (χ1) is 8.43. The van der Waals surface area contributed by atoms with Crippen LogP contribution in [0.5, 0.6) is 0 Å². The van der Waals surface area contributed by atoms with Crippen molar-refractivity contribution in [3.8, 4) is 0 Å². The van der Waals surface area contributed by atoms with Gasteiger partial charge in [-0.15, -0.1) is 0 Å². The molecule has 0 aliphatic rings. The van der Waals surface area contributed by atoms with Gasteiger partial charge in [0.1, 0.15) is 0 Å². The van der Waals surface area contributed by atoms with E-state index < -0.39 is 5.60 Å². The van der Waals surface area contributed by atoms with Gasteiger partial charge in [-0.1, -0.05) is 34.6 Å². The zero-order chi connectivity index (χ0) is 15.0. The maximum absolute atomic E-state index is 12.4. The van der Waals surface area contributed by atoms with E-state index in [1.165, 1.54) is 4.68 Å². The number of hydrogen-bond donors (Lipinski definition) is 1. The summed E-state index contributed by atoms with van der Waals surface area (Å²) in [5.74, 6) is 0.329. The molecule has 0 aliphatic heterocycles. The molecule has 0 bridgehead atoms. The Morgan fingerprint density at radius 2 is 1.79 bits per heavy atom. The van der Waals surface area contributed by atoms with Crippen molar-refractivity contribution in [2.45, 2.75) is 66.0 Å². The maximum atomic E-state index is 12.4. The summed E-state index contributed by atoms with van der Waals surface area (Å²) in [6.45, 7) is 14.1. The van der Waals surface area contributed by atoms with E-state index in [1.807, 2.05) is 34.6 Å². The van der Waals surface area contributed by atoms with E-state index in [4.69, 9.17) is 0 Å². The Labute approximate surface area is 115 Å². The van der Waals surface area contributed by atoms with Crippen molar-refractivity contribution in [3.63, 3.8) is 0 Å². The normalized spacial score (nSPS) is 13.1. The van der Waals surface area contributed by atoms with Crippen LogP contribution in [0.1, 0.15) is 59.7 Å². The second-order valence-corrected chi connectivity index (χ2v) is 7.13. The fourth-order valence-electron chi connectivity index (χ4n) is 1.82. The first kappa shape index (κ1) is 15.9. The summed E-state index contributed by atoms with van der Waals surface area (Å²) >= 11 is 0. The SMILES string of the molecule is CC(C)Cn1nc(C(C)(C)C)cc(C(C)(C)O)c1=O. The van der Waals surface area contributed by atoms with Crippen LogP contribution in [-0.2, 0) is 17.6 Å². The zero-order valence-electron chi connectivity index (χ0n) is 13.1. The molecule has 4 nitrogen and oxygen atoms in total. The summed E-state index contributed by atoms with van der Waals surface area (Å²) in [5.41, 5.74) is -0.280. The van der Waals surface area contributed by atoms with Crippen molar-refractivity contribution in [2.24, 2.45) is 5.92 Å². The highest BCUT2D eigenvalue weighted by Crippen LogP contribution is 2.23. The van der Waals surface area contributed by atoms with Crippen LogP contribution < -0.4 is 5.56 Å². The Hall–Kier alpha value is -1.16. The van der Waals surface area contributed by atoms with Gasteiger partial charge in [-0.2, -0.15) is 5.10 Å². The fourth-order valence-corrected chi connectivity index (χ4v) is 1.82. The van der Waals surface area contributed by atoms with Crippen molar-refractivity contribution in [2.75, 3.05) is 0 Å². The third kappa shape index (κ3) is 3.90. The third-order valence-corrected chi connectivity index (χ3v) is 2.94. The van der Waals surface area contributed by atoms with Crippen molar-refractivity contribution in [3.05, 3.63) is 27.7 Å². The van der Waals surface area contributed by atoms with Crippen molar-refractivity contribution in [1.29, 1.82) is 0 Å². The molecule has 0 radical (unpaired) electrons. The molecule has 19 heavy (non-hydrogen) atoms.